The number of halogens is 2. The minimum atomic E-state index is -4.12. The number of aryl methyl sites for hydroxylation is 1. The molecular weight excluding hydrogens is 426 g/mol. The van der Waals surface area contributed by atoms with E-state index in [0.29, 0.717) is 12.1 Å². The second-order valence-corrected chi connectivity index (χ2v) is 9.64. The number of nitrogens with one attached hydrogen (secondary N) is 1. The van der Waals surface area contributed by atoms with Crippen LogP contribution in [0.2, 0.25) is 0 Å². The Labute approximate surface area is 177 Å². The molecule has 6 nitrogen and oxygen atoms in total. The number of hydrogen-bond acceptors (Lipinski definition) is 5. The number of alkyl halides is 1. The Morgan fingerprint density at radius 2 is 1.90 bits per heavy atom. The Morgan fingerprint density at radius 1 is 1.13 bits per heavy atom. The number of furan rings is 1. The topological polar surface area (TPSA) is 79.6 Å². The summed E-state index contributed by atoms with van der Waals surface area (Å²) in [6, 6.07) is 8.99. The largest absolute Gasteiger partial charge is 0.451 e. The molecule has 31 heavy (non-hydrogen) atoms. The molecule has 162 valence electrons. The van der Waals surface area contributed by atoms with Gasteiger partial charge in [0.05, 0.1) is 23.4 Å². The van der Waals surface area contributed by atoms with Crippen molar-refractivity contribution >= 4 is 32.6 Å². The summed E-state index contributed by atoms with van der Waals surface area (Å²) in [5.74, 6) is -1.91. The summed E-state index contributed by atoms with van der Waals surface area (Å²) in [5.41, 5.74) is 2.25. The molecule has 1 amide bonds. The van der Waals surface area contributed by atoms with Crippen molar-refractivity contribution in [2.24, 2.45) is 0 Å². The second kappa shape index (κ2) is 7.33. The summed E-state index contributed by atoms with van der Waals surface area (Å²) in [7, 11) is -4.12. The van der Waals surface area contributed by atoms with Crippen molar-refractivity contribution in [2.75, 3.05) is 18.0 Å². The van der Waals surface area contributed by atoms with Crippen LogP contribution in [-0.2, 0) is 22.9 Å². The zero-order chi connectivity index (χ0) is 21.8. The van der Waals surface area contributed by atoms with Gasteiger partial charge < -0.3 is 9.32 Å². The molecule has 2 aromatic carbocycles. The van der Waals surface area contributed by atoms with E-state index in [4.69, 9.17) is 4.42 Å². The van der Waals surface area contributed by atoms with Gasteiger partial charge in [0.25, 0.3) is 10.0 Å². The van der Waals surface area contributed by atoms with Gasteiger partial charge in [-0.1, -0.05) is 12.1 Å². The predicted octanol–water partition coefficient (Wildman–Crippen LogP) is 3.73. The van der Waals surface area contributed by atoms with Crippen molar-refractivity contribution in [1.29, 1.82) is 0 Å². The molecule has 1 aliphatic carbocycles. The first kappa shape index (κ1) is 20.0. The molecule has 2 aliphatic rings. The first-order valence-corrected chi connectivity index (χ1v) is 11.6. The van der Waals surface area contributed by atoms with E-state index in [-0.39, 0.29) is 34.7 Å². The van der Waals surface area contributed by atoms with Crippen molar-refractivity contribution in [3.63, 3.8) is 0 Å². The predicted molar refractivity (Wildman–Crippen MR) is 111 cm³/mol. The molecule has 0 unspecified atom stereocenters. The van der Waals surface area contributed by atoms with Gasteiger partial charge in [0.1, 0.15) is 17.6 Å². The van der Waals surface area contributed by atoms with Crippen molar-refractivity contribution in [3.8, 4) is 0 Å². The fourth-order valence-electron chi connectivity index (χ4n) is 4.24. The van der Waals surface area contributed by atoms with Crippen LogP contribution in [0.3, 0.4) is 0 Å². The summed E-state index contributed by atoms with van der Waals surface area (Å²) in [6.45, 7) is 0.331. The van der Waals surface area contributed by atoms with Crippen LogP contribution < -0.4 is 9.62 Å². The Bertz CT molecular complexity index is 1300. The van der Waals surface area contributed by atoms with E-state index in [0.717, 1.165) is 30.4 Å². The van der Waals surface area contributed by atoms with E-state index >= 15 is 0 Å². The van der Waals surface area contributed by atoms with Gasteiger partial charge in [-0.25, -0.2) is 21.9 Å². The van der Waals surface area contributed by atoms with E-state index in [1.807, 2.05) is 10.8 Å². The maximum absolute atomic E-state index is 14.5. The third kappa shape index (κ3) is 3.56. The van der Waals surface area contributed by atoms with E-state index < -0.39 is 27.9 Å². The van der Waals surface area contributed by atoms with Crippen molar-refractivity contribution < 1.29 is 26.4 Å². The lowest BCUT2D eigenvalue weighted by Gasteiger charge is -2.36. The van der Waals surface area contributed by atoms with Crippen molar-refractivity contribution in [1.82, 2.24) is 4.72 Å². The van der Waals surface area contributed by atoms with Crippen molar-refractivity contribution in [3.05, 3.63) is 59.1 Å². The maximum atomic E-state index is 14.5. The number of rotatable bonds is 4. The summed E-state index contributed by atoms with van der Waals surface area (Å²) < 4.78 is 60.9. The van der Waals surface area contributed by atoms with Crippen LogP contribution in [0.5, 0.6) is 0 Å². The molecule has 0 saturated carbocycles. The lowest BCUT2D eigenvalue weighted by molar-refractivity contribution is 0.0956. The zero-order valence-corrected chi connectivity index (χ0v) is 17.3. The van der Waals surface area contributed by atoms with Gasteiger partial charge in [0.15, 0.2) is 5.76 Å². The highest BCUT2D eigenvalue weighted by Gasteiger charge is 2.29. The Balaban J connectivity index is 1.43. The van der Waals surface area contributed by atoms with Gasteiger partial charge >= 0.3 is 5.91 Å². The average Bonchev–Trinajstić information content (AvgIpc) is 3.16. The molecule has 1 N–H and O–H groups in total. The monoisotopic (exact) mass is 446 g/mol. The van der Waals surface area contributed by atoms with Crippen LogP contribution in [0.4, 0.5) is 14.5 Å². The molecule has 3 aromatic rings. The number of benzene rings is 2. The molecular formula is C22H20F2N2O4S. The summed E-state index contributed by atoms with van der Waals surface area (Å²) in [5, 5.41) is 0.0562. The Hall–Kier alpha value is -2.94. The number of sulfonamides is 1. The fraction of sp³-hybridized carbons (Fsp3) is 0.318. The second-order valence-electron chi connectivity index (χ2n) is 7.99. The molecule has 0 atom stereocenters. The minimum absolute atomic E-state index is 0.0562. The quantitative estimate of drug-likeness (QED) is 0.661. The van der Waals surface area contributed by atoms with Crippen molar-refractivity contribution in [2.45, 2.75) is 36.8 Å². The van der Waals surface area contributed by atoms with E-state index in [1.165, 1.54) is 24.3 Å². The minimum Gasteiger partial charge on any atom is -0.451 e. The maximum Gasteiger partial charge on any atom is 0.300 e. The average molecular weight is 446 g/mol. The molecule has 1 aliphatic heterocycles. The molecule has 1 aromatic heterocycles. The molecule has 0 bridgehead atoms. The Morgan fingerprint density at radius 3 is 2.68 bits per heavy atom. The number of nitrogens with zero attached hydrogens (tertiary/aromatic N) is 1. The van der Waals surface area contributed by atoms with Gasteiger partial charge in [-0.15, -0.1) is 0 Å². The van der Waals surface area contributed by atoms with Gasteiger partial charge in [0, 0.05) is 17.8 Å². The number of anilines is 1. The highest BCUT2D eigenvalue weighted by Crippen LogP contribution is 2.31. The summed E-state index contributed by atoms with van der Waals surface area (Å²) in [6.07, 6.45) is 2.37. The van der Waals surface area contributed by atoms with E-state index in [9.17, 15) is 22.0 Å². The van der Waals surface area contributed by atoms with Crippen LogP contribution in [-0.4, -0.2) is 33.6 Å². The highest BCUT2D eigenvalue weighted by atomic mass is 32.2. The van der Waals surface area contributed by atoms with Crippen LogP contribution in [0.25, 0.3) is 11.0 Å². The van der Waals surface area contributed by atoms with Crippen LogP contribution >= 0.6 is 0 Å². The normalized spacial score (nSPS) is 16.8. The SMILES string of the molecule is O=C(NS(=O)(=O)c1cccc2c1CCCC2)c1cc2c(F)cc(N3CC(F)C3)cc2o1. The smallest absolute Gasteiger partial charge is 0.300 e. The van der Waals surface area contributed by atoms with E-state index in [2.05, 4.69) is 0 Å². The van der Waals surface area contributed by atoms with Gasteiger partial charge in [0.2, 0.25) is 0 Å². The first-order chi connectivity index (χ1) is 14.8. The molecule has 0 radical (unpaired) electrons. The number of hydrogen-bond donors (Lipinski definition) is 1. The number of carbonyl (C=O) groups excluding carboxylic acids is 1. The molecule has 5 rings (SSSR count). The van der Waals surface area contributed by atoms with Gasteiger partial charge in [-0.3, -0.25) is 4.79 Å². The molecule has 1 saturated heterocycles. The molecule has 0 spiro atoms. The molecule has 2 heterocycles. The highest BCUT2D eigenvalue weighted by molar-refractivity contribution is 7.90. The van der Waals surface area contributed by atoms with Gasteiger partial charge in [-0.05, 0) is 48.9 Å². The number of amides is 1. The zero-order valence-electron chi connectivity index (χ0n) is 16.5. The number of fused-ring (bicyclic) bond motifs is 2. The third-order valence-corrected chi connectivity index (χ3v) is 7.28. The van der Waals surface area contributed by atoms with Crippen LogP contribution in [0, 0.1) is 5.82 Å². The lowest BCUT2D eigenvalue weighted by atomic mass is 9.92. The fourth-order valence-corrected chi connectivity index (χ4v) is 5.51. The lowest BCUT2D eigenvalue weighted by Crippen LogP contribution is -2.48. The van der Waals surface area contributed by atoms with Gasteiger partial charge in [-0.2, -0.15) is 0 Å². The summed E-state index contributed by atoms with van der Waals surface area (Å²) in [4.78, 5) is 14.4. The van der Waals surface area contributed by atoms with E-state index in [1.54, 1.807) is 11.0 Å². The number of carbonyl (C=O) groups is 1. The van der Waals surface area contributed by atoms with Crippen LogP contribution in [0.1, 0.15) is 34.5 Å². The van der Waals surface area contributed by atoms with Crippen LogP contribution in [0.15, 0.2) is 45.7 Å². The first-order valence-electron chi connectivity index (χ1n) is 10.1. The third-order valence-electron chi connectivity index (χ3n) is 5.87. The Kier molecular flexibility index (Phi) is 4.73. The molecule has 1 fully saturated rings. The standard InChI is InChI=1S/C22H20F2N2O4S/c23-14-11-26(12-14)15-8-18(24)17-10-20(30-19(17)9-15)22(27)25-31(28,29)21-7-3-5-13-4-1-2-6-16(13)21/h3,5,7-10,14H,1-2,4,6,11-12H2,(H,25,27). The molecule has 9 heteroatoms. The summed E-state index contributed by atoms with van der Waals surface area (Å²) >= 11 is 0.